The Balaban J connectivity index is 1.93. The lowest BCUT2D eigenvalue weighted by molar-refractivity contribution is -0.149. The third-order valence-electron chi connectivity index (χ3n) is 6.58. The molecule has 0 atom stereocenters. The number of hydrogen-bond acceptors (Lipinski definition) is 3. The highest BCUT2D eigenvalue weighted by molar-refractivity contribution is 6.36. The Bertz CT molecular complexity index is 1140. The molecule has 4 nitrogen and oxygen atoms in total. The molecule has 1 aliphatic heterocycles. The van der Waals surface area contributed by atoms with E-state index >= 15 is 0 Å². The number of carbonyl (C=O) groups is 2. The maximum absolute atomic E-state index is 13.5. The smallest absolute Gasteiger partial charge is 0.316 e. The second-order valence-corrected chi connectivity index (χ2v) is 10.4. The topological polar surface area (TPSA) is 55.4 Å². The molecule has 2 aliphatic rings. The number of hydrogen-bond donors (Lipinski definition) is 1. The number of benzene rings is 2. The molecule has 1 aliphatic carbocycles. The fourth-order valence-corrected chi connectivity index (χ4v) is 5.03. The number of amides is 1. The number of ether oxygens (including phenoxy) is 1. The van der Waals surface area contributed by atoms with E-state index < -0.39 is 11.0 Å². The molecule has 0 bridgehead atoms. The van der Waals surface area contributed by atoms with Crippen LogP contribution in [0.3, 0.4) is 0 Å². The molecule has 1 spiro atoms. The molecule has 1 saturated carbocycles. The molecule has 1 N–H and O–H groups in total. The first kappa shape index (κ1) is 23.5. The standard InChI is InChI=1S/C27H29ClFNO3/c1-16-19(17-8-10-18(29)11-9-17)12-13-20(28)21(16)22-23(33-25(32)26(2,3)4)27(30-24(22)31)14-6-5-7-15-27/h8-13H,5-7,14-15H2,1-4H3,(H,30,31). The van der Waals surface area contributed by atoms with Crippen LogP contribution in [0.15, 0.2) is 42.2 Å². The lowest BCUT2D eigenvalue weighted by Crippen LogP contribution is -2.47. The molecule has 174 valence electrons. The van der Waals surface area contributed by atoms with Gasteiger partial charge in [0, 0.05) is 10.6 Å². The van der Waals surface area contributed by atoms with Crippen LogP contribution in [0.5, 0.6) is 0 Å². The molecule has 0 unspecified atom stereocenters. The molecule has 0 saturated heterocycles. The monoisotopic (exact) mass is 469 g/mol. The third kappa shape index (κ3) is 4.31. The van der Waals surface area contributed by atoms with Crippen LogP contribution in [-0.2, 0) is 14.3 Å². The van der Waals surface area contributed by atoms with Gasteiger partial charge in [-0.15, -0.1) is 0 Å². The molecule has 6 heteroatoms. The second kappa shape index (κ2) is 8.60. The SMILES string of the molecule is Cc1c(-c2ccc(F)cc2)ccc(Cl)c1C1=C(OC(=O)C(C)(C)C)C2(CCCCC2)NC1=O. The average molecular weight is 470 g/mol. The molecule has 2 aromatic carbocycles. The Morgan fingerprint density at radius 1 is 1.06 bits per heavy atom. The van der Waals surface area contributed by atoms with E-state index in [2.05, 4.69) is 5.32 Å². The quantitative estimate of drug-likeness (QED) is 0.516. The summed E-state index contributed by atoms with van der Waals surface area (Å²) in [5.74, 6) is -0.609. The predicted octanol–water partition coefficient (Wildman–Crippen LogP) is 6.59. The number of esters is 1. The van der Waals surface area contributed by atoms with Gasteiger partial charge >= 0.3 is 5.97 Å². The van der Waals surface area contributed by atoms with Crippen molar-refractivity contribution in [2.75, 3.05) is 0 Å². The van der Waals surface area contributed by atoms with Gasteiger partial charge in [0.05, 0.1) is 16.5 Å². The molecule has 1 heterocycles. The lowest BCUT2D eigenvalue weighted by Gasteiger charge is -2.35. The Hall–Kier alpha value is -2.66. The van der Waals surface area contributed by atoms with Crippen molar-refractivity contribution in [2.24, 2.45) is 5.41 Å². The Morgan fingerprint density at radius 3 is 2.30 bits per heavy atom. The lowest BCUT2D eigenvalue weighted by atomic mass is 9.80. The zero-order valence-electron chi connectivity index (χ0n) is 19.5. The summed E-state index contributed by atoms with van der Waals surface area (Å²) in [6, 6.07) is 9.79. The van der Waals surface area contributed by atoms with E-state index in [0.717, 1.165) is 36.0 Å². The van der Waals surface area contributed by atoms with Crippen molar-refractivity contribution in [3.8, 4) is 11.1 Å². The highest BCUT2D eigenvalue weighted by Crippen LogP contribution is 2.46. The average Bonchev–Trinajstić information content (AvgIpc) is 3.00. The summed E-state index contributed by atoms with van der Waals surface area (Å²) in [5, 5.41) is 3.55. The number of nitrogens with one attached hydrogen (secondary N) is 1. The molecule has 1 amide bonds. The van der Waals surface area contributed by atoms with Crippen LogP contribution in [-0.4, -0.2) is 17.4 Å². The Labute approximate surface area is 199 Å². The van der Waals surface area contributed by atoms with Gasteiger partial charge in [0.15, 0.2) is 0 Å². The summed E-state index contributed by atoms with van der Waals surface area (Å²) in [4.78, 5) is 26.4. The summed E-state index contributed by atoms with van der Waals surface area (Å²) in [6.07, 6.45) is 4.37. The van der Waals surface area contributed by atoms with Crippen LogP contribution in [0, 0.1) is 18.2 Å². The van der Waals surface area contributed by atoms with E-state index in [4.69, 9.17) is 16.3 Å². The minimum Gasteiger partial charge on any atom is -0.427 e. The van der Waals surface area contributed by atoms with Crippen molar-refractivity contribution >= 4 is 29.1 Å². The Kier molecular flexibility index (Phi) is 6.12. The summed E-state index contributed by atoms with van der Waals surface area (Å²) in [7, 11) is 0. The first-order valence-electron chi connectivity index (χ1n) is 11.4. The van der Waals surface area contributed by atoms with Gasteiger partial charge in [-0.2, -0.15) is 0 Å². The van der Waals surface area contributed by atoms with Crippen molar-refractivity contribution in [1.29, 1.82) is 0 Å². The highest BCUT2D eigenvalue weighted by atomic mass is 35.5. The van der Waals surface area contributed by atoms with Gasteiger partial charge in [-0.3, -0.25) is 9.59 Å². The largest absolute Gasteiger partial charge is 0.427 e. The van der Waals surface area contributed by atoms with Crippen LogP contribution < -0.4 is 5.32 Å². The first-order valence-corrected chi connectivity index (χ1v) is 11.8. The van der Waals surface area contributed by atoms with Crippen LogP contribution in [0.4, 0.5) is 4.39 Å². The maximum atomic E-state index is 13.5. The van der Waals surface area contributed by atoms with E-state index in [1.54, 1.807) is 39.0 Å². The van der Waals surface area contributed by atoms with E-state index in [1.165, 1.54) is 12.1 Å². The second-order valence-electron chi connectivity index (χ2n) is 10.0. The van der Waals surface area contributed by atoms with Gasteiger partial charge in [0.25, 0.3) is 5.91 Å². The van der Waals surface area contributed by atoms with Crippen LogP contribution in [0.25, 0.3) is 16.7 Å². The molecule has 4 rings (SSSR count). The van der Waals surface area contributed by atoms with Gasteiger partial charge in [-0.25, -0.2) is 4.39 Å². The van der Waals surface area contributed by atoms with Crippen LogP contribution in [0.2, 0.25) is 5.02 Å². The molecule has 0 aromatic heterocycles. The summed E-state index contributed by atoms with van der Waals surface area (Å²) in [6.45, 7) is 7.26. The third-order valence-corrected chi connectivity index (χ3v) is 6.89. The number of halogens is 2. The molecule has 0 radical (unpaired) electrons. The number of carbonyl (C=O) groups excluding carboxylic acids is 2. The highest BCUT2D eigenvalue weighted by Gasteiger charge is 2.49. The minimum absolute atomic E-state index is 0.283. The summed E-state index contributed by atoms with van der Waals surface area (Å²) < 4.78 is 19.5. The summed E-state index contributed by atoms with van der Waals surface area (Å²) in [5.41, 5.74) is 1.86. The van der Waals surface area contributed by atoms with Crippen molar-refractivity contribution in [1.82, 2.24) is 5.32 Å². The predicted molar refractivity (Wildman–Crippen MR) is 128 cm³/mol. The molecule has 2 aromatic rings. The van der Waals surface area contributed by atoms with E-state index in [9.17, 15) is 14.0 Å². The zero-order chi connectivity index (χ0) is 24.0. The van der Waals surface area contributed by atoms with Crippen molar-refractivity contribution in [2.45, 2.75) is 65.3 Å². The van der Waals surface area contributed by atoms with Crippen molar-refractivity contribution < 1.29 is 18.7 Å². The maximum Gasteiger partial charge on any atom is 0.316 e. The van der Waals surface area contributed by atoms with Crippen LogP contribution >= 0.6 is 11.6 Å². The zero-order valence-corrected chi connectivity index (χ0v) is 20.2. The van der Waals surface area contributed by atoms with E-state index in [0.29, 0.717) is 34.8 Å². The first-order chi connectivity index (χ1) is 15.5. The molecule has 33 heavy (non-hydrogen) atoms. The van der Waals surface area contributed by atoms with Crippen molar-refractivity contribution in [3.05, 3.63) is 64.1 Å². The van der Waals surface area contributed by atoms with Gasteiger partial charge in [0.1, 0.15) is 11.6 Å². The van der Waals surface area contributed by atoms with Gasteiger partial charge in [-0.1, -0.05) is 49.1 Å². The molecule has 1 fully saturated rings. The van der Waals surface area contributed by atoms with E-state index in [-0.39, 0.29) is 17.7 Å². The van der Waals surface area contributed by atoms with Gasteiger partial charge in [-0.05, 0) is 75.4 Å². The molecular formula is C27H29ClFNO3. The fourth-order valence-electron chi connectivity index (χ4n) is 4.74. The molecular weight excluding hydrogens is 441 g/mol. The minimum atomic E-state index is -0.728. The van der Waals surface area contributed by atoms with Gasteiger partial charge < -0.3 is 10.1 Å². The fraction of sp³-hybridized carbons (Fsp3) is 0.407. The normalized spacial score (nSPS) is 17.9. The van der Waals surface area contributed by atoms with Gasteiger partial charge in [0.2, 0.25) is 0 Å². The Morgan fingerprint density at radius 2 is 1.70 bits per heavy atom. The summed E-state index contributed by atoms with van der Waals surface area (Å²) >= 11 is 6.66. The van der Waals surface area contributed by atoms with Crippen molar-refractivity contribution in [3.63, 3.8) is 0 Å². The van der Waals surface area contributed by atoms with E-state index in [1.807, 2.05) is 13.0 Å². The number of rotatable bonds is 3. The van der Waals surface area contributed by atoms with Crippen LogP contribution in [0.1, 0.15) is 64.0 Å².